The zero-order chi connectivity index (χ0) is 26.1. The summed E-state index contributed by atoms with van der Waals surface area (Å²) in [5, 5.41) is 2.89. The third kappa shape index (κ3) is 7.42. The molecule has 10 heteroatoms. The van der Waals surface area contributed by atoms with Crippen LogP contribution in [0.3, 0.4) is 0 Å². The molecular weight excluding hydrogens is 493 g/mol. The minimum Gasteiger partial charge on any atom is -0.493 e. The van der Waals surface area contributed by atoms with E-state index in [1.54, 1.807) is 44.7 Å². The number of alkyl halides is 3. The summed E-state index contributed by atoms with van der Waals surface area (Å²) in [5.41, 5.74) is 3.35. The topological polar surface area (TPSA) is 69.2 Å². The number of amides is 1. The molecule has 3 rings (SSSR count). The molecule has 0 aliphatic rings. The van der Waals surface area contributed by atoms with E-state index < -0.39 is 6.36 Å². The van der Waals surface area contributed by atoms with Crippen LogP contribution in [0.15, 0.2) is 71.1 Å². The van der Waals surface area contributed by atoms with Gasteiger partial charge in [0.1, 0.15) is 11.5 Å². The molecule has 0 radical (unpaired) electrons. The first-order valence-electron chi connectivity index (χ1n) is 10.8. The summed E-state index contributed by atoms with van der Waals surface area (Å²) in [6.45, 7) is 0.395. The molecule has 1 N–H and O–H groups in total. The molecule has 0 atom stereocenters. The molecule has 0 saturated carbocycles. The Morgan fingerprint density at radius 1 is 0.917 bits per heavy atom. The average molecular weight is 519 g/mol. The monoisotopic (exact) mass is 518 g/mol. The van der Waals surface area contributed by atoms with E-state index in [2.05, 4.69) is 14.5 Å². The van der Waals surface area contributed by atoms with Crippen LogP contribution in [0.1, 0.15) is 11.1 Å². The Morgan fingerprint density at radius 2 is 1.53 bits per heavy atom. The van der Waals surface area contributed by atoms with Crippen molar-refractivity contribution in [3.63, 3.8) is 0 Å². The van der Waals surface area contributed by atoms with E-state index in [4.69, 9.17) is 9.47 Å². The molecule has 0 heterocycles. The predicted octanol–water partition coefficient (Wildman–Crippen LogP) is 5.70. The highest BCUT2D eigenvalue weighted by Crippen LogP contribution is 2.28. The molecular formula is C26H25F3N2O4S. The fourth-order valence-corrected chi connectivity index (χ4v) is 3.80. The number of nitrogens with zero attached hydrogens (tertiary/aromatic N) is 1. The number of carbonyl (C=O) groups is 1. The minimum absolute atomic E-state index is 0.273. The van der Waals surface area contributed by atoms with E-state index in [1.807, 2.05) is 18.2 Å². The molecule has 3 aromatic carbocycles. The second kappa shape index (κ2) is 12.3. The molecule has 1 amide bonds. The Kier molecular flexibility index (Phi) is 9.24. The van der Waals surface area contributed by atoms with Gasteiger partial charge < -0.3 is 19.5 Å². The fraction of sp³-hybridized carbons (Fsp3) is 0.231. The molecule has 0 fully saturated rings. The summed E-state index contributed by atoms with van der Waals surface area (Å²) in [6, 6.07) is 18.2. The van der Waals surface area contributed by atoms with Gasteiger partial charge in [-0.15, -0.1) is 13.2 Å². The second-order valence-electron chi connectivity index (χ2n) is 7.47. The Labute approximate surface area is 211 Å². The van der Waals surface area contributed by atoms with Crippen molar-refractivity contribution in [2.45, 2.75) is 12.8 Å². The quantitative estimate of drug-likeness (QED) is 0.276. The summed E-state index contributed by atoms with van der Waals surface area (Å²) in [4.78, 5) is 12.8. The number of ether oxygens (including phenoxy) is 3. The van der Waals surface area contributed by atoms with Crippen LogP contribution < -0.4 is 19.5 Å². The van der Waals surface area contributed by atoms with Crippen molar-refractivity contribution in [3.8, 4) is 28.4 Å². The Bertz CT molecular complexity index is 1200. The SMILES string of the molecule is COc1ccc(CCNC(=O)/C(=N\SC)c2ccc(-c3ccc(OC(F)(F)F)cc3)cc2)cc1OC. The van der Waals surface area contributed by atoms with Crippen LogP contribution in [-0.4, -0.2) is 45.0 Å². The number of benzene rings is 3. The van der Waals surface area contributed by atoms with Crippen LogP contribution >= 0.6 is 11.9 Å². The van der Waals surface area contributed by atoms with Crippen LogP contribution in [0.5, 0.6) is 17.2 Å². The van der Waals surface area contributed by atoms with E-state index >= 15 is 0 Å². The van der Waals surface area contributed by atoms with Crippen LogP contribution in [0.25, 0.3) is 11.1 Å². The van der Waals surface area contributed by atoms with Crippen molar-refractivity contribution < 1.29 is 32.2 Å². The number of hydrogen-bond donors (Lipinski definition) is 1. The molecule has 0 aromatic heterocycles. The van der Waals surface area contributed by atoms with Crippen molar-refractivity contribution in [3.05, 3.63) is 77.9 Å². The Hall–Kier alpha value is -3.66. The first kappa shape index (κ1) is 26.9. The number of carbonyl (C=O) groups excluding carboxylic acids is 1. The Morgan fingerprint density at radius 3 is 2.08 bits per heavy atom. The van der Waals surface area contributed by atoms with Crippen molar-refractivity contribution >= 4 is 23.6 Å². The van der Waals surface area contributed by atoms with Gasteiger partial charge in [0, 0.05) is 18.4 Å². The third-order valence-corrected chi connectivity index (χ3v) is 5.49. The zero-order valence-electron chi connectivity index (χ0n) is 19.9. The lowest BCUT2D eigenvalue weighted by Crippen LogP contribution is -2.33. The van der Waals surface area contributed by atoms with Crippen molar-refractivity contribution in [1.29, 1.82) is 0 Å². The lowest BCUT2D eigenvalue weighted by atomic mass is 10.0. The van der Waals surface area contributed by atoms with Gasteiger partial charge in [0.2, 0.25) is 0 Å². The van der Waals surface area contributed by atoms with Crippen molar-refractivity contribution in [2.75, 3.05) is 27.0 Å². The molecule has 0 unspecified atom stereocenters. The summed E-state index contributed by atoms with van der Waals surface area (Å²) < 4.78 is 55.8. The maximum atomic E-state index is 12.8. The zero-order valence-corrected chi connectivity index (χ0v) is 20.7. The van der Waals surface area contributed by atoms with E-state index in [1.165, 1.54) is 36.2 Å². The smallest absolute Gasteiger partial charge is 0.493 e. The third-order valence-electron chi connectivity index (χ3n) is 5.12. The minimum atomic E-state index is -4.74. The molecule has 0 bridgehead atoms. The average Bonchev–Trinajstić information content (AvgIpc) is 2.86. The van der Waals surface area contributed by atoms with E-state index in [9.17, 15) is 18.0 Å². The summed E-state index contributed by atoms with van der Waals surface area (Å²) in [7, 11) is 3.14. The van der Waals surface area contributed by atoms with Gasteiger partial charge in [-0.3, -0.25) is 4.79 Å². The maximum Gasteiger partial charge on any atom is 0.573 e. The first-order valence-corrected chi connectivity index (χ1v) is 12.0. The Balaban J connectivity index is 1.65. The van der Waals surface area contributed by atoms with Gasteiger partial charge in [-0.1, -0.05) is 42.5 Å². The molecule has 0 saturated heterocycles. The number of nitrogens with one attached hydrogen (secondary N) is 1. The summed E-state index contributed by atoms with van der Waals surface area (Å²) >= 11 is 1.17. The predicted molar refractivity (Wildman–Crippen MR) is 135 cm³/mol. The second-order valence-corrected chi connectivity index (χ2v) is 8.01. The lowest BCUT2D eigenvalue weighted by Gasteiger charge is -2.11. The van der Waals surface area contributed by atoms with Crippen molar-refractivity contribution in [2.24, 2.45) is 4.40 Å². The van der Waals surface area contributed by atoms with Gasteiger partial charge in [0.05, 0.1) is 14.2 Å². The van der Waals surface area contributed by atoms with Gasteiger partial charge in [0.25, 0.3) is 5.91 Å². The number of hydrogen-bond acceptors (Lipinski definition) is 6. The van der Waals surface area contributed by atoms with Gasteiger partial charge in [0.15, 0.2) is 11.5 Å². The number of methoxy groups -OCH3 is 2. The highest BCUT2D eigenvalue weighted by molar-refractivity contribution is 7.97. The molecule has 0 aliphatic heterocycles. The highest BCUT2D eigenvalue weighted by atomic mass is 32.2. The van der Waals surface area contributed by atoms with Crippen LogP contribution in [0, 0.1) is 0 Å². The summed E-state index contributed by atoms with van der Waals surface area (Å²) in [6.07, 6.45) is -2.39. The largest absolute Gasteiger partial charge is 0.573 e. The molecule has 3 aromatic rings. The first-order chi connectivity index (χ1) is 17.2. The van der Waals surface area contributed by atoms with E-state index in [-0.39, 0.29) is 17.4 Å². The number of halogens is 3. The van der Waals surface area contributed by atoms with E-state index in [0.29, 0.717) is 35.6 Å². The molecule has 0 aliphatic carbocycles. The molecule has 190 valence electrons. The standard InChI is InChI=1S/C26H25F3N2O4S/c1-33-22-13-4-17(16-23(22)34-2)14-15-30-25(32)24(31-36-3)20-7-5-18(6-8-20)19-9-11-21(12-10-19)35-26(27,28)29/h4-13,16H,14-15H2,1-3H3,(H,30,32)/b31-24-. The molecule has 36 heavy (non-hydrogen) atoms. The van der Waals surface area contributed by atoms with E-state index in [0.717, 1.165) is 11.1 Å². The van der Waals surface area contributed by atoms with Crippen LogP contribution in [0.2, 0.25) is 0 Å². The summed E-state index contributed by atoms with van der Waals surface area (Å²) in [5.74, 6) is 0.649. The van der Waals surface area contributed by atoms with Crippen LogP contribution in [0.4, 0.5) is 13.2 Å². The molecule has 0 spiro atoms. The fourth-order valence-electron chi connectivity index (χ4n) is 3.43. The lowest BCUT2D eigenvalue weighted by molar-refractivity contribution is -0.274. The van der Waals surface area contributed by atoms with Gasteiger partial charge in [-0.25, -0.2) is 4.40 Å². The molecule has 6 nitrogen and oxygen atoms in total. The normalized spacial score (nSPS) is 11.7. The van der Waals surface area contributed by atoms with Gasteiger partial charge >= 0.3 is 6.36 Å². The van der Waals surface area contributed by atoms with Crippen LogP contribution in [-0.2, 0) is 11.2 Å². The van der Waals surface area contributed by atoms with Gasteiger partial charge in [-0.05, 0) is 59.3 Å². The maximum absolute atomic E-state index is 12.8. The van der Waals surface area contributed by atoms with Crippen molar-refractivity contribution in [1.82, 2.24) is 5.32 Å². The van der Waals surface area contributed by atoms with Gasteiger partial charge in [-0.2, -0.15) is 0 Å². The highest BCUT2D eigenvalue weighted by Gasteiger charge is 2.31. The number of rotatable bonds is 10.